The van der Waals surface area contributed by atoms with Crippen molar-refractivity contribution in [2.75, 3.05) is 0 Å². The molecule has 0 spiro atoms. The summed E-state index contributed by atoms with van der Waals surface area (Å²) in [6.07, 6.45) is -3.71. The van der Waals surface area contributed by atoms with Crippen molar-refractivity contribution in [2.24, 2.45) is 0 Å². The van der Waals surface area contributed by atoms with Crippen LogP contribution >= 0.6 is 0 Å². The molecule has 0 amide bonds. The van der Waals surface area contributed by atoms with Gasteiger partial charge in [0.05, 0.1) is 5.56 Å². The maximum absolute atomic E-state index is 12.0. The molecule has 1 rings (SSSR count). The van der Waals surface area contributed by atoms with E-state index in [1.165, 1.54) is 24.3 Å². The van der Waals surface area contributed by atoms with E-state index in [0.29, 0.717) is 0 Å². The topological polar surface area (TPSA) is 20.2 Å². The molecule has 0 bridgehead atoms. The lowest BCUT2D eigenvalue weighted by molar-refractivity contribution is -0.208. The van der Waals surface area contributed by atoms with Crippen LogP contribution in [-0.4, -0.2) is 5.11 Å². The lowest BCUT2D eigenvalue weighted by atomic mass is 10.2. The predicted octanol–water partition coefficient (Wildman–Crippen LogP) is 1.73. The number of alkyl halides is 2. The first-order valence-electron chi connectivity index (χ1n) is 2.76. The van der Waals surface area contributed by atoms with Crippen molar-refractivity contribution in [2.45, 2.75) is 6.11 Å². The van der Waals surface area contributed by atoms with Crippen molar-refractivity contribution in [3.63, 3.8) is 0 Å². The molecule has 54 valence electrons. The standard InChI is InChI=1S/C7H6F2O/c8-7(9,10)6-4-2-1-3-5-6/h1-5,10H. The fourth-order valence-electron chi connectivity index (χ4n) is 0.639. The van der Waals surface area contributed by atoms with Crippen LogP contribution in [0.2, 0.25) is 0 Å². The van der Waals surface area contributed by atoms with E-state index in [1.54, 1.807) is 6.07 Å². The van der Waals surface area contributed by atoms with E-state index in [0.717, 1.165) is 0 Å². The minimum Gasteiger partial charge on any atom is -0.332 e. The molecule has 0 saturated heterocycles. The number of hydrogen-bond acceptors (Lipinski definition) is 1. The van der Waals surface area contributed by atoms with E-state index in [9.17, 15) is 8.78 Å². The first-order valence-corrected chi connectivity index (χ1v) is 2.76. The van der Waals surface area contributed by atoms with Crippen LogP contribution in [0.5, 0.6) is 0 Å². The lowest BCUT2D eigenvalue weighted by Gasteiger charge is -2.06. The fourth-order valence-corrected chi connectivity index (χ4v) is 0.639. The molecule has 0 aliphatic rings. The Morgan fingerprint density at radius 3 is 1.90 bits per heavy atom. The fraction of sp³-hybridized carbons (Fsp3) is 0.143. The van der Waals surface area contributed by atoms with E-state index in [2.05, 4.69) is 0 Å². The van der Waals surface area contributed by atoms with Gasteiger partial charge in [-0.2, -0.15) is 8.78 Å². The smallest absolute Gasteiger partial charge is 0.332 e. The van der Waals surface area contributed by atoms with Gasteiger partial charge >= 0.3 is 6.11 Å². The van der Waals surface area contributed by atoms with Gasteiger partial charge in [0.2, 0.25) is 0 Å². The van der Waals surface area contributed by atoms with Gasteiger partial charge in [-0.25, -0.2) is 0 Å². The van der Waals surface area contributed by atoms with Crippen LogP contribution in [0.3, 0.4) is 0 Å². The Balaban J connectivity index is 2.97. The molecule has 0 aliphatic carbocycles. The molecule has 1 N–H and O–H groups in total. The molecule has 0 aromatic heterocycles. The van der Waals surface area contributed by atoms with Gasteiger partial charge in [0.15, 0.2) is 0 Å². The van der Waals surface area contributed by atoms with E-state index in [4.69, 9.17) is 5.11 Å². The van der Waals surface area contributed by atoms with Crippen molar-refractivity contribution in [3.05, 3.63) is 35.9 Å². The first kappa shape index (κ1) is 7.15. The number of halogens is 2. The molecule has 0 aliphatic heterocycles. The van der Waals surface area contributed by atoms with Gasteiger partial charge in [-0.1, -0.05) is 30.3 Å². The van der Waals surface area contributed by atoms with Crippen LogP contribution in [0.25, 0.3) is 0 Å². The summed E-state index contributed by atoms with van der Waals surface area (Å²) < 4.78 is 24.0. The highest BCUT2D eigenvalue weighted by molar-refractivity contribution is 5.17. The van der Waals surface area contributed by atoms with Crippen LogP contribution < -0.4 is 0 Å². The SMILES string of the molecule is OC(F)(F)c1ccccc1. The molecule has 0 saturated carbocycles. The summed E-state index contributed by atoms with van der Waals surface area (Å²) >= 11 is 0. The third-order valence-corrected chi connectivity index (χ3v) is 1.12. The Morgan fingerprint density at radius 1 is 1.10 bits per heavy atom. The Morgan fingerprint density at radius 2 is 1.60 bits per heavy atom. The second-order valence-corrected chi connectivity index (χ2v) is 1.91. The van der Waals surface area contributed by atoms with Crippen molar-refractivity contribution in [3.8, 4) is 0 Å². The third-order valence-electron chi connectivity index (χ3n) is 1.12. The maximum Gasteiger partial charge on any atom is 0.380 e. The van der Waals surface area contributed by atoms with Crippen molar-refractivity contribution < 1.29 is 13.9 Å². The Bertz CT molecular complexity index is 203. The van der Waals surface area contributed by atoms with Crippen LogP contribution in [0.15, 0.2) is 30.3 Å². The monoisotopic (exact) mass is 144 g/mol. The number of benzene rings is 1. The Kier molecular flexibility index (Phi) is 1.68. The summed E-state index contributed by atoms with van der Waals surface area (Å²) in [5.74, 6) is 0. The molecule has 0 unspecified atom stereocenters. The van der Waals surface area contributed by atoms with E-state index in [-0.39, 0.29) is 5.56 Å². The minimum atomic E-state index is -3.71. The zero-order valence-electron chi connectivity index (χ0n) is 5.09. The normalized spacial score (nSPS) is 11.5. The van der Waals surface area contributed by atoms with Gasteiger partial charge in [-0.05, 0) is 0 Å². The Hall–Kier alpha value is -0.960. The minimum absolute atomic E-state index is 0.380. The Labute approximate surface area is 56.9 Å². The molecule has 1 nitrogen and oxygen atoms in total. The van der Waals surface area contributed by atoms with Gasteiger partial charge in [-0.3, -0.25) is 0 Å². The van der Waals surface area contributed by atoms with Gasteiger partial charge in [0, 0.05) is 0 Å². The highest BCUT2D eigenvalue weighted by Gasteiger charge is 2.26. The summed E-state index contributed by atoms with van der Waals surface area (Å²) in [4.78, 5) is 0. The molecule has 0 heterocycles. The zero-order valence-corrected chi connectivity index (χ0v) is 5.09. The maximum atomic E-state index is 12.0. The highest BCUT2D eigenvalue weighted by Crippen LogP contribution is 2.22. The van der Waals surface area contributed by atoms with Gasteiger partial charge in [0.1, 0.15) is 0 Å². The van der Waals surface area contributed by atoms with Crippen molar-refractivity contribution in [1.29, 1.82) is 0 Å². The van der Waals surface area contributed by atoms with Crippen molar-refractivity contribution >= 4 is 0 Å². The largest absolute Gasteiger partial charge is 0.380 e. The molecule has 1 aromatic rings. The highest BCUT2D eigenvalue weighted by atomic mass is 19.3. The molecule has 1 aromatic carbocycles. The lowest BCUT2D eigenvalue weighted by Crippen LogP contribution is -2.10. The van der Waals surface area contributed by atoms with E-state index >= 15 is 0 Å². The molecule has 0 atom stereocenters. The summed E-state index contributed by atoms with van der Waals surface area (Å²) in [5.41, 5.74) is -0.380. The summed E-state index contributed by atoms with van der Waals surface area (Å²) in [6.45, 7) is 0. The quantitative estimate of drug-likeness (QED) is 0.636. The molecule has 10 heavy (non-hydrogen) atoms. The second-order valence-electron chi connectivity index (χ2n) is 1.91. The summed E-state index contributed by atoms with van der Waals surface area (Å²) in [7, 11) is 0. The molecular formula is C7H6F2O. The van der Waals surface area contributed by atoms with Crippen LogP contribution in [-0.2, 0) is 6.11 Å². The van der Waals surface area contributed by atoms with Crippen LogP contribution in [0, 0.1) is 0 Å². The predicted molar refractivity (Wildman–Crippen MR) is 32.6 cm³/mol. The first-order chi connectivity index (χ1) is 4.61. The second kappa shape index (κ2) is 2.34. The number of rotatable bonds is 1. The molecule has 0 radical (unpaired) electrons. The zero-order chi connectivity index (χ0) is 7.61. The summed E-state index contributed by atoms with van der Waals surface area (Å²) in [5, 5.41) is 8.16. The number of aliphatic hydroxyl groups is 1. The average Bonchev–Trinajstić information content (AvgIpc) is 1.88. The van der Waals surface area contributed by atoms with Crippen molar-refractivity contribution in [1.82, 2.24) is 0 Å². The van der Waals surface area contributed by atoms with E-state index < -0.39 is 6.11 Å². The van der Waals surface area contributed by atoms with Gasteiger partial charge < -0.3 is 5.11 Å². The van der Waals surface area contributed by atoms with Gasteiger partial charge in [-0.15, -0.1) is 0 Å². The van der Waals surface area contributed by atoms with Crippen LogP contribution in [0.1, 0.15) is 5.56 Å². The molecule has 3 heteroatoms. The summed E-state index contributed by atoms with van der Waals surface area (Å²) in [6, 6.07) is 6.83. The van der Waals surface area contributed by atoms with Gasteiger partial charge in [0.25, 0.3) is 0 Å². The molecule has 0 fully saturated rings. The molecular weight excluding hydrogens is 138 g/mol. The van der Waals surface area contributed by atoms with Crippen LogP contribution in [0.4, 0.5) is 8.78 Å². The third kappa shape index (κ3) is 1.51. The number of hydrogen-bond donors (Lipinski definition) is 1. The average molecular weight is 144 g/mol. The van der Waals surface area contributed by atoms with E-state index in [1.807, 2.05) is 0 Å².